The minimum atomic E-state index is -3.53. The third-order valence-electron chi connectivity index (χ3n) is 4.26. The summed E-state index contributed by atoms with van der Waals surface area (Å²) in [6.45, 7) is 10.6. The summed E-state index contributed by atoms with van der Waals surface area (Å²) in [7, 11) is -1.93. The van der Waals surface area contributed by atoms with Crippen molar-refractivity contribution in [1.82, 2.24) is 9.21 Å². The molecule has 1 unspecified atom stereocenters. The van der Waals surface area contributed by atoms with Crippen molar-refractivity contribution in [3.63, 3.8) is 0 Å². The van der Waals surface area contributed by atoms with Gasteiger partial charge in [0.1, 0.15) is 5.75 Å². The van der Waals surface area contributed by atoms with Crippen LogP contribution in [0.3, 0.4) is 0 Å². The van der Waals surface area contributed by atoms with Gasteiger partial charge in [0.05, 0.1) is 10.3 Å². The maximum atomic E-state index is 12.7. The number of aromatic hydroxyl groups is 1. The monoisotopic (exact) mass is 372 g/mol. The molecule has 136 valence electrons. The molecule has 1 heterocycles. The maximum absolute atomic E-state index is 12.7. The van der Waals surface area contributed by atoms with E-state index in [2.05, 4.69) is 25.7 Å². The molecule has 2 rings (SSSR count). The molecular formula is C17H28N2O3S2. The lowest BCUT2D eigenvalue weighted by atomic mass is 10.1. The van der Waals surface area contributed by atoms with Crippen molar-refractivity contribution < 1.29 is 13.5 Å². The molecule has 0 aromatic heterocycles. The summed E-state index contributed by atoms with van der Waals surface area (Å²) in [6, 6.07) is 4.63. The Balaban J connectivity index is 2.43. The molecular weight excluding hydrogens is 344 g/mol. The number of sulfonamides is 1. The molecule has 1 aliphatic rings. The van der Waals surface area contributed by atoms with E-state index in [1.165, 1.54) is 16.4 Å². The fourth-order valence-corrected chi connectivity index (χ4v) is 5.86. The lowest BCUT2D eigenvalue weighted by molar-refractivity contribution is 0.276. The Morgan fingerprint density at radius 3 is 2.62 bits per heavy atom. The van der Waals surface area contributed by atoms with Crippen molar-refractivity contribution in [3.05, 3.63) is 23.8 Å². The Morgan fingerprint density at radius 1 is 1.38 bits per heavy atom. The summed E-state index contributed by atoms with van der Waals surface area (Å²) < 4.78 is 26.8. The highest BCUT2D eigenvalue weighted by atomic mass is 32.2. The van der Waals surface area contributed by atoms with Crippen molar-refractivity contribution >= 4 is 21.8 Å². The van der Waals surface area contributed by atoms with Gasteiger partial charge in [0.15, 0.2) is 0 Å². The molecule has 1 aromatic carbocycles. The molecule has 0 saturated carbocycles. The predicted molar refractivity (Wildman–Crippen MR) is 99.9 cm³/mol. The fraction of sp³-hybridized carbons (Fsp3) is 0.647. The first-order valence-electron chi connectivity index (χ1n) is 8.33. The van der Waals surface area contributed by atoms with Gasteiger partial charge in [-0.1, -0.05) is 13.8 Å². The number of phenolic OH excluding ortho intramolecular Hbond substituents is 1. The molecule has 1 saturated heterocycles. The first-order valence-corrected chi connectivity index (χ1v) is 10.7. The van der Waals surface area contributed by atoms with Crippen LogP contribution in [0.5, 0.6) is 5.75 Å². The average molecular weight is 373 g/mol. The van der Waals surface area contributed by atoms with Crippen LogP contribution in [0.1, 0.15) is 45.1 Å². The summed E-state index contributed by atoms with van der Waals surface area (Å²) in [5.41, 5.74) is 0.679. The first kappa shape index (κ1) is 19.6. The van der Waals surface area contributed by atoms with Crippen LogP contribution in [0.25, 0.3) is 0 Å². The Labute approximate surface area is 150 Å². The fourth-order valence-electron chi connectivity index (χ4n) is 3.03. The van der Waals surface area contributed by atoms with Crippen LogP contribution in [-0.2, 0) is 10.0 Å². The maximum Gasteiger partial charge on any atom is 0.242 e. The third kappa shape index (κ3) is 3.90. The molecule has 24 heavy (non-hydrogen) atoms. The highest BCUT2D eigenvalue weighted by molar-refractivity contribution is 8.01. The molecule has 1 N–H and O–H groups in total. The van der Waals surface area contributed by atoms with Gasteiger partial charge in [-0.15, -0.1) is 11.8 Å². The molecule has 1 aromatic rings. The van der Waals surface area contributed by atoms with Gasteiger partial charge in [0.2, 0.25) is 10.0 Å². The van der Waals surface area contributed by atoms with Gasteiger partial charge in [-0.25, -0.2) is 12.7 Å². The summed E-state index contributed by atoms with van der Waals surface area (Å²) in [5.74, 6) is 0.153. The molecule has 0 aliphatic carbocycles. The predicted octanol–water partition coefficient (Wildman–Crippen LogP) is 3.27. The minimum absolute atomic E-state index is 0.0309. The molecule has 0 spiro atoms. The van der Waals surface area contributed by atoms with Gasteiger partial charge in [0, 0.05) is 30.4 Å². The van der Waals surface area contributed by atoms with Gasteiger partial charge in [-0.3, -0.25) is 4.90 Å². The van der Waals surface area contributed by atoms with E-state index in [0.717, 1.165) is 19.5 Å². The average Bonchev–Trinajstić information content (AvgIpc) is 2.82. The van der Waals surface area contributed by atoms with Crippen LogP contribution in [0.4, 0.5) is 0 Å². The zero-order valence-corrected chi connectivity index (χ0v) is 16.7. The van der Waals surface area contributed by atoms with E-state index in [0.29, 0.717) is 12.1 Å². The number of hydrogen-bond donors (Lipinski definition) is 1. The smallest absolute Gasteiger partial charge is 0.242 e. The number of rotatable bonds is 6. The summed E-state index contributed by atoms with van der Waals surface area (Å²) in [6.07, 6.45) is 0.761. The topological polar surface area (TPSA) is 60.9 Å². The van der Waals surface area contributed by atoms with Crippen molar-refractivity contribution in [2.45, 2.75) is 49.1 Å². The molecule has 1 aliphatic heterocycles. The second-order valence-electron chi connectivity index (χ2n) is 6.84. The normalized spacial score (nSPS) is 21.5. The van der Waals surface area contributed by atoms with Crippen LogP contribution in [0.15, 0.2) is 23.1 Å². The van der Waals surface area contributed by atoms with Crippen molar-refractivity contribution in [1.29, 1.82) is 0 Å². The van der Waals surface area contributed by atoms with Crippen LogP contribution >= 0.6 is 11.8 Å². The minimum Gasteiger partial charge on any atom is -0.508 e. The Bertz CT molecular complexity index is 689. The van der Waals surface area contributed by atoms with Crippen LogP contribution in [0, 0.1) is 0 Å². The summed E-state index contributed by atoms with van der Waals surface area (Å²) in [5, 5.41) is 10.3. The van der Waals surface area contributed by atoms with Crippen LogP contribution in [0.2, 0.25) is 0 Å². The van der Waals surface area contributed by atoms with E-state index >= 15 is 0 Å². The zero-order chi connectivity index (χ0) is 18.1. The highest BCUT2D eigenvalue weighted by Gasteiger charge is 2.39. The number of phenols is 1. The van der Waals surface area contributed by atoms with Gasteiger partial charge in [-0.05, 0) is 45.0 Å². The second-order valence-corrected chi connectivity index (χ2v) is 10.7. The first-order chi connectivity index (χ1) is 11.1. The standard InChI is InChI=1S/C17H28N2O3S2/c1-6-10-18(5)24(21,22)13-8-9-15(20)14(11-13)16-19(7-2)12-17(3,4)23-16/h8-9,11,16,20H,6-7,10,12H2,1-5H3. The Kier molecular flexibility index (Phi) is 5.90. The van der Waals surface area contributed by atoms with Crippen molar-refractivity contribution in [3.8, 4) is 5.75 Å². The van der Waals surface area contributed by atoms with Crippen molar-refractivity contribution in [2.24, 2.45) is 0 Å². The van der Waals surface area contributed by atoms with Gasteiger partial charge >= 0.3 is 0 Å². The van der Waals surface area contributed by atoms with E-state index in [-0.39, 0.29) is 20.8 Å². The molecule has 0 amide bonds. The molecule has 7 heteroatoms. The van der Waals surface area contributed by atoms with Gasteiger partial charge < -0.3 is 5.11 Å². The van der Waals surface area contributed by atoms with E-state index in [1.807, 2.05) is 6.92 Å². The van der Waals surface area contributed by atoms with E-state index < -0.39 is 10.0 Å². The number of nitrogens with zero attached hydrogens (tertiary/aromatic N) is 2. The van der Waals surface area contributed by atoms with E-state index in [4.69, 9.17) is 0 Å². The van der Waals surface area contributed by atoms with Gasteiger partial charge in [-0.2, -0.15) is 0 Å². The van der Waals surface area contributed by atoms with Crippen LogP contribution in [-0.4, -0.2) is 54.2 Å². The molecule has 0 bridgehead atoms. The largest absolute Gasteiger partial charge is 0.508 e. The lowest BCUT2D eigenvalue weighted by Gasteiger charge is -2.24. The molecule has 0 radical (unpaired) electrons. The number of benzene rings is 1. The quantitative estimate of drug-likeness (QED) is 0.830. The Hall–Kier alpha value is -0.760. The van der Waals surface area contributed by atoms with E-state index in [1.54, 1.807) is 24.9 Å². The van der Waals surface area contributed by atoms with E-state index in [9.17, 15) is 13.5 Å². The molecule has 1 atom stereocenters. The SMILES string of the molecule is CCCN(C)S(=O)(=O)c1ccc(O)c(C2SC(C)(C)CN2CC)c1. The second kappa shape index (κ2) is 7.23. The lowest BCUT2D eigenvalue weighted by Crippen LogP contribution is -2.28. The summed E-state index contributed by atoms with van der Waals surface area (Å²) in [4.78, 5) is 2.51. The summed E-state index contributed by atoms with van der Waals surface area (Å²) >= 11 is 1.76. The Morgan fingerprint density at radius 2 is 2.04 bits per heavy atom. The van der Waals surface area contributed by atoms with Gasteiger partial charge in [0.25, 0.3) is 0 Å². The molecule has 5 nitrogen and oxygen atoms in total. The van der Waals surface area contributed by atoms with Crippen LogP contribution < -0.4 is 0 Å². The number of thioether (sulfide) groups is 1. The highest BCUT2D eigenvalue weighted by Crippen LogP contribution is 2.50. The zero-order valence-electron chi connectivity index (χ0n) is 15.1. The third-order valence-corrected chi connectivity index (χ3v) is 7.66. The van der Waals surface area contributed by atoms with Crippen molar-refractivity contribution in [2.75, 3.05) is 26.7 Å². The number of hydrogen-bond acceptors (Lipinski definition) is 5. The molecule has 1 fully saturated rings.